The maximum Gasteiger partial charge on any atom is 0.276 e. The number of piperazine rings is 1. The molecule has 3 rings (SSSR count). The molecule has 7 nitrogen and oxygen atoms in total. The van der Waals surface area contributed by atoms with E-state index in [1.54, 1.807) is 20.0 Å². The number of sulfonamides is 1. The van der Waals surface area contributed by atoms with Crippen molar-refractivity contribution in [3.63, 3.8) is 0 Å². The highest BCUT2D eigenvalue weighted by atomic mass is 32.2. The molecular formula is C24H34F2N4O3S. The molecule has 2 heterocycles. The molecule has 10 heteroatoms. The number of aromatic nitrogens is 2. The van der Waals surface area contributed by atoms with E-state index in [4.69, 9.17) is 0 Å². The van der Waals surface area contributed by atoms with Crippen LogP contribution in [0.1, 0.15) is 58.4 Å². The van der Waals surface area contributed by atoms with E-state index in [1.807, 2.05) is 4.90 Å². The largest absolute Gasteiger partial charge is 0.367 e. The first-order valence-corrected chi connectivity index (χ1v) is 13.5. The molecule has 0 unspecified atom stereocenters. The first-order chi connectivity index (χ1) is 16.1. The number of rotatable bonds is 10. The third-order valence-corrected chi connectivity index (χ3v) is 8.49. The third-order valence-electron chi connectivity index (χ3n) is 6.21. The van der Waals surface area contributed by atoms with Gasteiger partial charge in [0.2, 0.25) is 10.0 Å². The lowest BCUT2D eigenvalue weighted by atomic mass is 10.0. The fourth-order valence-electron chi connectivity index (χ4n) is 4.22. The molecule has 34 heavy (non-hydrogen) atoms. The number of hydrogen-bond donors (Lipinski definition) is 0. The zero-order valence-corrected chi connectivity index (χ0v) is 21.0. The van der Waals surface area contributed by atoms with Crippen LogP contribution in [0.25, 0.3) is 5.69 Å². The molecule has 0 radical (unpaired) electrons. The summed E-state index contributed by atoms with van der Waals surface area (Å²) in [5, 5.41) is 3.73. The fraction of sp³-hybridized carbons (Fsp3) is 0.583. The predicted molar refractivity (Wildman–Crippen MR) is 130 cm³/mol. The van der Waals surface area contributed by atoms with Crippen LogP contribution < -0.4 is 10.5 Å². The number of unbranched alkanes of at least 4 members (excludes halogenated alkanes) is 4. The highest BCUT2D eigenvalue weighted by Gasteiger charge is 2.30. The van der Waals surface area contributed by atoms with Crippen LogP contribution in [0.2, 0.25) is 0 Å². The first kappa shape index (κ1) is 26.3. The van der Waals surface area contributed by atoms with Gasteiger partial charge in [-0.15, -0.1) is 0 Å². The van der Waals surface area contributed by atoms with E-state index in [9.17, 15) is 22.0 Å². The Kier molecular flexibility index (Phi) is 8.81. The second-order valence-electron chi connectivity index (χ2n) is 9.00. The molecular weight excluding hydrogens is 462 g/mol. The van der Waals surface area contributed by atoms with Gasteiger partial charge in [-0.1, -0.05) is 32.6 Å². The van der Waals surface area contributed by atoms with Gasteiger partial charge in [-0.2, -0.15) is 14.1 Å². The van der Waals surface area contributed by atoms with Gasteiger partial charge in [-0.25, -0.2) is 17.2 Å². The molecule has 0 aliphatic carbocycles. The molecule has 1 aliphatic rings. The minimum Gasteiger partial charge on any atom is -0.367 e. The normalized spacial score (nSPS) is 15.3. The molecule has 0 bridgehead atoms. The van der Waals surface area contributed by atoms with Gasteiger partial charge in [-0.3, -0.25) is 4.79 Å². The van der Waals surface area contributed by atoms with Gasteiger partial charge < -0.3 is 4.90 Å². The lowest BCUT2D eigenvalue weighted by Gasteiger charge is -2.36. The van der Waals surface area contributed by atoms with Crippen molar-refractivity contribution >= 4 is 15.7 Å². The van der Waals surface area contributed by atoms with Crippen LogP contribution in [-0.2, 0) is 16.4 Å². The molecule has 188 valence electrons. The Morgan fingerprint density at radius 3 is 2.18 bits per heavy atom. The second-order valence-corrected chi connectivity index (χ2v) is 11.5. The zero-order chi connectivity index (χ0) is 24.9. The molecule has 0 spiro atoms. The van der Waals surface area contributed by atoms with Crippen LogP contribution in [0.4, 0.5) is 14.5 Å². The Labute approximate surface area is 200 Å². The molecule has 1 aliphatic heterocycles. The van der Waals surface area contributed by atoms with Crippen LogP contribution in [0.3, 0.4) is 0 Å². The summed E-state index contributed by atoms with van der Waals surface area (Å²) in [7, 11) is -3.34. The highest BCUT2D eigenvalue weighted by molar-refractivity contribution is 7.89. The van der Waals surface area contributed by atoms with E-state index in [2.05, 4.69) is 12.0 Å². The van der Waals surface area contributed by atoms with Gasteiger partial charge in [0.15, 0.2) is 0 Å². The summed E-state index contributed by atoms with van der Waals surface area (Å²) in [5.41, 5.74) is 0.830. The molecule has 0 amide bonds. The Bertz CT molecular complexity index is 1120. The minimum atomic E-state index is -3.34. The van der Waals surface area contributed by atoms with Crippen LogP contribution >= 0.6 is 0 Å². The van der Waals surface area contributed by atoms with Crippen molar-refractivity contribution in [2.45, 2.75) is 64.5 Å². The maximum atomic E-state index is 13.8. The van der Waals surface area contributed by atoms with Crippen molar-refractivity contribution in [3.05, 3.63) is 51.9 Å². The first-order valence-electron chi connectivity index (χ1n) is 12.0. The van der Waals surface area contributed by atoms with E-state index < -0.39 is 32.5 Å². The van der Waals surface area contributed by atoms with Crippen molar-refractivity contribution in [2.75, 3.05) is 31.1 Å². The van der Waals surface area contributed by atoms with Crippen LogP contribution in [-0.4, -0.2) is 53.9 Å². The van der Waals surface area contributed by atoms with Gasteiger partial charge in [0.05, 0.1) is 22.8 Å². The molecule has 1 aromatic heterocycles. The molecule has 2 aromatic rings. The van der Waals surface area contributed by atoms with Crippen molar-refractivity contribution in [1.82, 2.24) is 14.1 Å². The van der Waals surface area contributed by atoms with E-state index >= 15 is 0 Å². The van der Waals surface area contributed by atoms with Crippen molar-refractivity contribution in [2.24, 2.45) is 0 Å². The summed E-state index contributed by atoms with van der Waals surface area (Å²) in [6.45, 7) is 7.00. The summed E-state index contributed by atoms with van der Waals surface area (Å²) in [5.74, 6) is -1.56. The Hall–Kier alpha value is -2.33. The molecule has 0 saturated carbocycles. The van der Waals surface area contributed by atoms with Gasteiger partial charge in [-0.05, 0) is 38.8 Å². The van der Waals surface area contributed by atoms with Gasteiger partial charge in [0, 0.05) is 37.8 Å². The maximum absolute atomic E-state index is 13.8. The standard InChI is InChI=1S/C24H34F2N4O3S/c1-4-5-6-7-8-9-22-23(28-10-12-29(13-11-28)34(32,33)18(2)3)17-27-30(24(22)31)21-15-19(25)14-20(26)16-21/h14-18H,4-13H2,1-3H3. The van der Waals surface area contributed by atoms with Crippen LogP contribution in [0.15, 0.2) is 29.2 Å². The third kappa shape index (κ3) is 6.02. The van der Waals surface area contributed by atoms with Crippen LogP contribution in [0.5, 0.6) is 0 Å². The summed E-state index contributed by atoms with van der Waals surface area (Å²) < 4.78 is 55.1. The fourth-order valence-corrected chi connectivity index (χ4v) is 5.49. The van der Waals surface area contributed by atoms with Crippen LogP contribution in [0, 0.1) is 11.6 Å². The van der Waals surface area contributed by atoms with Gasteiger partial charge in [0.1, 0.15) is 11.6 Å². The topological polar surface area (TPSA) is 75.5 Å². The second kappa shape index (κ2) is 11.4. The lowest BCUT2D eigenvalue weighted by molar-refractivity contribution is 0.380. The summed E-state index contributed by atoms with van der Waals surface area (Å²) >= 11 is 0. The zero-order valence-electron chi connectivity index (χ0n) is 20.1. The quantitative estimate of drug-likeness (QED) is 0.467. The smallest absolute Gasteiger partial charge is 0.276 e. The molecule has 0 N–H and O–H groups in total. The Morgan fingerprint density at radius 2 is 1.59 bits per heavy atom. The lowest BCUT2D eigenvalue weighted by Crippen LogP contribution is -2.51. The van der Waals surface area contributed by atoms with E-state index in [-0.39, 0.29) is 5.69 Å². The van der Waals surface area contributed by atoms with Gasteiger partial charge in [0.25, 0.3) is 5.56 Å². The average molecular weight is 497 g/mol. The van der Waals surface area contributed by atoms with E-state index in [1.165, 1.54) is 4.31 Å². The van der Waals surface area contributed by atoms with Crippen molar-refractivity contribution in [1.29, 1.82) is 0 Å². The monoisotopic (exact) mass is 496 g/mol. The summed E-state index contributed by atoms with van der Waals surface area (Å²) in [4.78, 5) is 15.4. The number of halogens is 2. The molecule has 1 fully saturated rings. The minimum absolute atomic E-state index is 0.0362. The number of anilines is 1. The molecule has 0 atom stereocenters. The molecule has 1 saturated heterocycles. The number of nitrogens with zero attached hydrogens (tertiary/aromatic N) is 4. The highest BCUT2D eigenvalue weighted by Crippen LogP contribution is 2.23. The van der Waals surface area contributed by atoms with E-state index in [0.717, 1.165) is 55.0 Å². The van der Waals surface area contributed by atoms with E-state index in [0.29, 0.717) is 43.9 Å². The predicted octanol–water partition coefficient (Wildman–Crippen LogP) is 3.88. The molecule has 1 aromatic carbocycles. The summed E-state index contributed by atoms with van der Waals surface area (Å²) in [6.07, 6.45) is 7.17. The number of hydrogen-bond acceptors (Lipinski definition) is 5. The SMILES string of the molecule is CCCCCCCc1c(N2CCN(S(=O)(=O)C(C)C)CC2)cnn(-c2cc(F)cc(F)c2)c1=O. The van der Waals surface area contributed by atoms with Gasteiger partial charge >= 0.3 is 0 Å². The Balaban J connectivity index is 1.90. The Morgan fingerprint density at radius 1 is 0.971 bits per heavy atom. The number of benzene rings is 1. The van der Waals surface area contributed by atoms with Crippen molar-refractivity contribution in [3.8, 4) is 5.69 Å². The average Bonchev–Trinajstić information content (AvgIpc) is 2.79. The van der Waals surface area contributed by atoms with Crippen molar-refractivity contribution < 1.29 is 17.2 Å². The summed E-state index contributed by atoms with van der Waals surface area (Å²) in [6, 6.07) is 2.91.